The first kappa shape index (κ1) is 22.6. The van der Waals surface area contributed by atoms with Crippen molar-refractivity contribution in [2.75, 3.05) is 36.8 Å². The number of unbranched alkanes of at least 4 members (excludes halogenated alkanes) is 1. The van der Waals surface area contributed by atoms with E-state index in [1.807, 2.05) is 31.2 Å². The van der Waals surface area contributed by atoms with Crippen LogP contribution in [0.25, 0.3) is 0 Å². The second kappa shape index (κ2) is 9.97. The Morgan fingerprint density at radius 1 is 0.971 bits per heavy atom. The van der Waals surface area contributed by atoms with E-state index in [0.29, 0.717) is 47.3 Å². The molecule has 0 aliphatic carbocycles. The summed E-state index contributed by atoms with van der Waals surface area (Å²) in [5.74, 6) is 2.22. The fraction of sp³-hybridized carbons (Fsp3) is 0.259. The maximum absolute atomic E-state index is 12.8. The van der Waals surface area contributed by atoms with Crippen LogP contribution in [-0.4, -0.2) is 38.4 Å². The van der Waals surface area contributed by atoms with Gasteiger partial charge in [0.15, 0.2) is 18.1 Å². The van der Waals surface area contributed by atoms with Gasteiger partial charge in [0.2, 0.25) is 6.79 Å². The van der Waals surface area contributed by atoms with Crippen LogP contribution in [0.5, 0.6) is 23.0 Å². The van der Waals surface area contributed by atoms with E-state index < -0.39 is 0 Å². The van der Waals surface area contributed by atoms with E-state index in [9.17, 15) is 9.59 Å². The predicted molar refractivity (Wildman–Crippen MR) is 131 cm³/mol. The average molecular weight is 475 g/mol. The van der Waals surface area contributed by atoms with Gasteiger partial charge in [0, 0.05) is 17.8 Å². The van der Waals surface area contributed by atoms with Gasteiger partial charge in [-0.05, 0) is 73.9 Å². The molecule has 0 fully saturated rings. The van der Waals surface area contributed by atoms with E-state index in [4.69, 9.17) is 18.9 Å². The van der Waals surface area contributed by atoms with Gasteiger partial charge in [0.05, 0.1) is 12.3 Å². The molecule has 3 aromatic carbocycles. The lowest BCUT2D eigenvalue weighted by Gasteiger charge is -2.30. The largest absolute Gasteiger partial charge is 0.494 e. The van der Waals surface area contributed by atoms with Gasteiger partial charge < -0.3 is 29.2 Å². The summed E-state index contributed by atoms with van der Waals surface area (Å²) < 4.78 is 22.1. The molecule has 0 spiro atoms. The number of hydrogen-bond acceptors (Lipinski definition) is 6. The van der Waals surface area contributed by atoms with Gasteiger partial charge in [-0.15, -0.1) is 0 Å². The normalized spacial score (nSPS) is 13.7. The Bertz CT molecular complexity index is 1260. The molecule has 0 bridgehead atoms. The molecule has 35 heavy (non-hydrogen) atoms. The highest BCUT2D eigenvalue weighted by molar-refractivity contribution is 6.05. The zero-order chi connectivity index (χ0) is 24.2. The molecule has 8 nitrogen and oxygen atoms in total. The summed E-state index contributed by atoms with van der Waals surface area (Å²) in [7, 11) is 0. The first-order valence-corrected chi connectivity index (χ1v) is 11.5. The lowest BCUT2D eigenvalue weighted by molar-refractivity contribution is -0.121. The third-order valence-corrected chi connectivity index (χ3v) is 5.83. The van der Waals surface area contributed by atoms with Crippen LogP contribution in [0, 0.1) is 6.92 Å². The Morgan fingerprint density at radius 3 is 2.71 bits per heavy atom. The first-order chi connectivity index (χ1) is 17.1. The van der Waals surface area contributed by atoms with Crippen LogP contribution in [0.1, 0.15) is 28.8 Å². The molecule has 0 radical (unpaired) electrons. The minimum absolute atomic E-state index is 0.00427. The van der Waals surface area contributed by atoms with Crippen molar-refractivity contribution in [1.82, 2.24) is 0 Å². The minimum atomic E-state index is -0.286. The highest BCUT2D eigenvalue weighted by Gasteiger charge is 2.26. The van der Waals surface area contributed by atoms with Gasteiger partial charge in [0.25, 0.3) is 11.8 Å². The Hall–Kier alpha value is -4.20. The molecule has 180 valence electrons. The van der Waals surface area contributed by atoms with Gasteiger partial charge in [-0.1, -0.05) is 12.1 Å². The monoisotopic (exact) mass is 474 g/mol. The van der Waals surface area contributed by atoms with Crippen molar-refractivity contribution < 1.29 is 28.5 Å². The van der Waals surface area contributed by atoms with Gasteiger partial charge >= 0.3 is 0 Å². The maximum Gasteiger partial charge on any atom is 0.265 e. The summed E-state index contributed by atoms with van der Waals surface area (Å²) in [4.78, 5) is 27.1. The second-order valence-corrected chi connectivity index (χ2v) is 8.41. The molecule has 2 heterocycles. The number of ether oxygens (including phenoxy) is 4. The third-order valence-electron chi connectivity index (χ3n) is 5.83. The summed E-state index contributed by atoms with van der Waals surface area (Å²) in [5.41, 5.74) is 2.81. The highest BCUT2D eigenvalue weighted by Crippen LogP contribution is 2.36. The summed E-state index contributed by atoms with van der Waals surface area (Å²) in [5, 5.41) is 2.89. The molecule has 2 aliphatic rings. The van der Waals surface area contributed by atoms with Gasteiger partial charge in [0.1, 0.15) is 11.5 Å². The van der Waals surface area contributed by atoms with E-state index in [-0.39, 0.29) is 25.2 Å². The van der Waals surface area contributed by atoms with Crippen molar-refractivity contribution in [2.45, 2.75) is 19.8 Å². The Morgan fingerprint density at radius 2 is 1.83 bits per heavy atom. The maximum atomic E-state index is 12.8. The lowest BCUT2D eigenvalue weighted by Crippen LogP contribution is -2.39. The smallest absolute Gasteiger partial charge is 0.265 e. The number of carbonyl (C=O) groups is 2. The Kier molecular flexibility index (Phi) is 6.43. The van der Waals surface area contributed by atoms with Crippen LogP contribution < -0.4 is 29.2 Å². The molecule has 0 saturated heterocycles. The molecule has 2 amide bonds. The number of nitrogens with zero attached hydrogens (tertiary/aromatic N) is 1. The van der Waals surface area contributed by atoms with E-state index in [2.05, 4.69) is 5.32 Å². The summed E-state index contributed by atoms with van der Waals surface area (Å²) in [6.07, 6.45) is 1.57. The predicted octanol–water partition coefficient (Wildman–Crippen LogP) is 4.56. The van der Waals surface area contributed by atoms with Crippen LogP contribution in [0.4, 0.5) is 11.4 Å². The number of benzene rings is 3. The molecule has 0 saturated carbocycles. The number of anilines is 2. The van der Waals surface area contributed by atoms with E-state index in [1.54, 1.807) is 41.3 Å². The first-order valence-electron chi connectivity index (χ1n) is 11.5. The van der Waals surface area contributed by atoms with Crippen LogP contribution in [0.15, 0.2) is 60.7 Å². The SMILES string of the molecule is Cc1cccc(OCCCCN2C(=O)COc3ccc(NC(=O)c4ccc5c(c4)OCO5)cc32)c1. The molecule has 2 aliphatic heterocycles. The van der Waals surface area contributed by atoms with E-state index in [1.165, 1.54) is 0 Å². The Balaban J connectivity index is 1.21. The van der Waals surface area contributed by atoms with Gasteiger partial charge in [-0.2, -0.15) is 0 Å². The molecular formula is C27H26N2O6. The zero-order valence-electron chi connectivity index (χ0n) is 19.4. The molecule has 0 atom stereocenters. The fourth-order valence-electron chi connectivity index (χ4n) is 4.03. The van der Waals surface area contributed by atoms with Crippen molar-refractivity contribution in [3.8, 4) is 23.0 Å². The third kappa shape index (κ3) is 5.16. The van der Waals surface area contributed by atoms with Gasteiger partial charge in [-0.25, -0.2) is 0 Å². The summed E-state index contributed by atoms with van der Waals surface area (Å²) in [6.45, 7) is 3.27. The van der Waals surface area contributed by atoms with Gasteiger partial charge in [-0.3, -0.25) is 9.59 Å². The Labute approximate surface area is 203 Å². The van der Waals surface area contributed by atoms with Crippen LogP contribution in [-0.2, 0) is 4.79 Å². The number of rotatable bonds is 8. The molecule has 1 N–H and O–H groups in total. The number of fused-ring (bicyclic) bond motifs is 2. The summed E-state index contributed by atoms with van der Waals surface area (Å²) >= 11 is 0. The molecule has 3 aromatic rings. The number of amides is 2. The standard InChI is InChI=1S/C27H26N2O6/c1-18-5-4-6-21(13-18)32-12-3-2-11-29-22-15-20(8-10-23(22)33-16-26(29)30)28-27(31)19-7-9-24-25(14-19)35-17-34-24/h4-10,13-15H,2-3,11-12,16-17H2,1H3,(H,28,31). The molecule has 0 unspecified atom stereocenters. The van der Waals surface area contributed by atoms with Crippen molar-refractivity contribution in [3.63, 3.8) is 0 Å². The highest BCUT2D eigenvalue weighted by atomic mass is 16.7. The minimum Gasteiger partial charge on any atom is -0.494 e. The van der Waals surface area contributed by atoms with Crippen molar-refractivity contribution >= 4 is 23.2 Å². The quantitative estimate of drug-likeness (QED) is 0.482. The topological polar surface area (TPSA) is 86.3 Å². The van der Waals surface area contributed by atoms with Crippen molar-refractivity contribution in [3.05, 3.63) is 71.8 Å². The summed E-state index contributed by atoms with van der Waals surface area (Å²) in [6, 6.07) is 18.3. The number of carbonyl (C=O) groups excluding carboxylic acids is 2. The van der Waals surface area contributed by atoms with E-state index >= 15 is 0 Å². The number of nitrogens with one attached hydrogen (secondary N) is 1. The number of aryl methyl sites for hydroxylation is 1. The van der Waals surface area contributed by atoms with Crippen LogP contribution >= 0.6 is 0 Å². The fourth-order valence-corrected chi connectivity index (χ4v) is 4.03. The molecular weight excluding hydrogens is 448 g/mol. The van der Waals surface area contributed by atoms with Crippen LogP contribution in [0.3, 0.4) is 0 Å². The van der Waals surface area contributed by atoms with E-state index in [0.717, 1.165) is 24.2 Å². The molecule has 8 heteroatoms. The molecule has 0 aromatic heterocycles. The average Bonchev–Trinajstić information content (AvgIpc) is 3.33. The second-order valence-electron chi connectivity index (χ2n) is 8.41. The number of hydrogen-bond donors (Lipinski definition) is 1. The zero-order valence-corrected chi connectivity index (χ0v) is 19.4. The van der Waals surface area contributed by atoms with Crippen LogP contribution in [0.2, 0.25) is 0 Å². The molecule has 5 rings (SSSR count). The van der Waals surface area contributed by atoms with Crippen molar-refractivity contribution in [2.24, 2.45) is 0 Å². The lowest BCUT2D eigenvalue weighted by atomic mass is 10.1. The van der Waals surface area contributed by atoms with Crippen molar-refractivity contribution in [1.29, 1.82) is 0 Å².